The average Bonchev–Trinajstić information content (AvgIpc) is 1.79. The van der Waals surface area contributed by atoms with E-state index in [2.05, 4.69) is 0 Å². The highest BCUT2D eigenvalue weighted by Gasteiger charge is 1.96. The zero-order chi connectivity index (χ0) is 7.98. The minimum atomic E-state index is -0.802. The molecular formula is C5H11BrN2O2S. The third kappa shape index (κ3) is 12.9. The first kappa shape index (κ1) is 13.4. The first-order valence-corrected chi connectivity index (χ1v) is 3.80. The van der Waals surface area contributed by atoms with Crippen LogP contribution in [0.25, 0.3) is 0 Å². The lowest BCUT2D eigenvalue weighted by atomic mass is 10.3. The molecular weight excluding hydrogens is 232 g/mol. The van der Waals surface area contributed by atoms with Crippen LogP contribution >= 0.6 is 28.7 Å². The molecule has 0 aromatic rings. The Hall–Kier alpha value is -0.230. The van der Waals surface area contributed by atoms with E-state index in [1.54, 1.807) is 0 Å². The van der Waals surface area contributed by atoms with Crippen molar-refractivity contribution in [2.45, 2.75) is 12.8 Å². The van der Waals surface area contributed by atoms with E-state index < -0.39 is 5.97 Å². The molecule has 0 aliphatic rings. The molecule has 11 heavy (non-hydrogen) atoms. The molecule has 6 heteroatoms. The molecule has 0 heterocycles. The van der Waals surface area contributed by atoms with E-state index in [-0.39, 0.29) is 28.6 Å². The molecule has 66 valence electrons. The molecule has 0 fully saturated rings. The largest absolute Gasteiger partial charge is 0.481 e. The number of thioether (sulfide) groups is 1. The van der Waals surface area contributed by atoms with E-state index in [9.17, 15) is 4.79 Å². The number of aliphatic carboxylic acids is 1. The number of carbonyl (C=O) groups is 1. The Balaban J connectivity index is 0. The fraction of sp³-hybridized carbons (Fsp3) is 0.600. The Morgan fingerprint density at radius 2 is 2.18 bits per heavy atom. The van der Waals surface area contributed by atoms with Crippen molar-refractivity contribution >= 4 is 39.9 Å². The van der Waals surface area contributed by atoms with Crippen molar-refractivity contribution in [3.8, 4) is 0 Å². The molecule has 0 bridgehead atoms. The molecule has 0 aliphatic heterocycles. The van der Waals surface area contributed by atoms with Crippen molar-refractivity contribution in [1.82, 2.24) is 0 Å². The molecule has 0 atom stereocenters. The van der Waals surface area contributed by atoms with Gasteiger partial charge in [-0.05, 0) is 6.42 Å². The van der Waals surface area contributed by atoms with Gasteiger partial charge in [0.2, 0.25) is 0 Å². The molecule has 0 aromatic heterocycles. The fourth-order valence-corrected chi connectivity index (χ4v) is 0.914. The highest BCUT2D eigenvalue weighted by molar-refractivity contribution is 8.93. The van der Waals surface area contributed by atoms with E-state index in [1.165, 1.54) is 11.8 Å². The second-order valence-corrected chi connectivity index (χ2v) is 2.85. The molecule has 0 unspecified atom stereocenters. The predicted molar refractivity (Wildman–Crippen MR) is 51.6 cm³/mol. The molecule has 0 saturated heterocycles. The van der Waals surface area contributed by atoms with E-state index in [0.717, 1.165) is 0 Å². The maximum atomic E-state index is 9.95. The van der Waals surface area contributed by atoms with Gasteiger partial charge in [-0.15, -0.1) is 17.0 Å². The topological polar surface area (TPSA) is 87.2 Å². The second kappa shape index (κ2) is 7.87. The Kier molecular flexibility index (Phi) is 9.57. The summed E-state index contributed by atoms with van der Waals surface area (Å²) in [6.45, 7) is 0. The van der Waals surface area contributed by atoms with E-state index in [4.69, 9.17) is 16.2 Å². The van der Waals surface area contributed by atoms with Crippen LogP contribution in [0.5, 0.6) is 0 Å². The molecule has 4 nitrogen and oxygen atoms in total. The van der Waals surface area contributed by atoms with E-state index >= 15 is 0 Å². The van der Waals surface area contributed by atoms with Crippen molar-refractivity contribution in [3.63, 3.8) is 0 Å². The van der Waals surface area contributed by atoms with Gasteiger partial charge in [0.25, 0.3) is 0 Å². The number of hydrogen-bond acceptors (Lipinski definition) is 3. The maximum Gasteiger partial charge on any atom is 0.303 e. The van der Waals surface area contributed by atoms with Crippen LogP contribution in [0, 0.1) is 5.41 Å². The smallest absolute Gasteiger partial charge is 0.303 e. The van der Waals surface area contributed by atoms with Gasteiger partial charge in [-0.1, -0.05) is 11.8 Å². The molecule has 0 aliphatic carbocycles. The maximum absolute atomic E-state index is 9.95. The summed E-state index contributed by atoms with van der Waals surface area (Å²) in [4.78, 5) is 9.95. The summed E-state index contributed by atoms with van der Waals surface area (Å²) in [5.74, 6) is -0.189. The first-order valence-electron chi connectivity index (χ1n) is 2.81. The van der Waals surface area contributed by atoms with Crippen LogP contribution in [0.2, 0.25) is 0 Å². The van der Waals surface area contributed by atoms with Gasteiger partial charge in [0.15, 0.2) is 5.17 Å². The highest BCUT2D eigenvalue weighted by Crippen LogP contribution is 2.02. The number of halogens is 1. The minimum Gasteiger partial charge on any atom is -0.481 e. The molecule has 0 spiro atoms. The van der Waals surface area contributed by atoms with Crippen LogP contribution in [-0.4, -0.2) is 22.0 Å². The second-order valence-electron chi connectivity index (χ2n) is 1.71. The third-order valence-corrected chi connectivity index (χ3v) is 1.60. The van der Waals surface area contributed by atoms with Crippen LogP contribution < -0.4 is 5.73 Å². The summed E-state index contributed by atoms with van der Waals surface area (Å²) >= 11 is 1.17. The van der Waals surface area contributed by atoms with Crippen LogP contribution in [0.1, 0.15) is 12.8 Å². The Bertz CT molecular complexity index is 126. The molecule has 0 rings (SSSR count). The number of amidine groups is 1. The van der Waals surface area contributed by atoms with Crippen LogP contribution in [0.3, 0.4) is 0 Å². The monoisotopic (exact) mass is 242 g/mol. The zero-order valence-corrected chi connectivity index (χ0v) is 8.40. The van der Waals surface area contributed by atoms with Crippen molar-refractivity contribution in [2.75, 3.05) is 5.75 Å². The van der Waals surface area contributed by atoms with Gasteiger partial charge in [-0.25, -0.2) is 0 Å². The number of hydrogen-bond donors (Lipinski definition) is 3. The van der Waals surface area contributed by atoms with Crippen LogP contribution in [0.15, 0.2) is 0 Å². The van der Waals surface area contributed by atoms with Crippen molar-refractivity contribution in [1.29, 1.82) is 5.41 Å². The lowest BCUT2D eigenvalue weighted by molar-refractivity contribution is -0.137. The van der Waals surface area contributed by atoms with E-state index in [0.29, 0.717) is 12.2 Å². The van der Waals surface area contributed by atoms with Crippen LogP contribution in [-0.2, 0) is 4.79 Å². The summed E-state index contributed by atoms with van der Waals surface area (Å²) < 4.78 is 0. The number of rotatable bonds is 4. The van der Waals surface area contributed by atoms with Crippen molar-refractivity contribution in [3.05, 3.63) is 0 Å². The number of carboxylic acids is 1. The molecule has 4 N–H and O–H groups in total. The van der Waals surface area contributed by atoms with Gasteiger partial charge < -0.3 is 10.8 Å². The Morgan fingerprint density at radius 1 is 1.64 bits per heavy atom. The lowest BCUT2D eigenvalue weighted by Gasteiger charge is -1.94. The van der Waals surface area contributed by atoms with Gasteiger partial charge in [-0.3, -0.25) is 10.2 Å². The third-order valence-electron chi connectivity index (χ3n) is 0.793. The number of nitrogens with two attached hydrogens (primary N) is 1. The van der Waals surface area contributed by atoms with E-state index in [1.807, 2.05) is 0 Å². The van der Waals surface area contributed by atoms with Crippen LogP contribution in [0.4, 0.5) is 0 Å². The summed E-state index contributed by atoms with van der Waals surface area (Å²) in [5, 5.41) is 15.0. The lowest BCUT2D eigenvalue weighted by Crippen LogP contribution is -2.05. The predicted octanol–water partition coefficient (Wildman–Crippen LogP) is 1.06. The van der Waals surface area contributed by atoms with Gasteiger partial charge in [0.05, 0.1) is 0 Å². The summed E-state index contributed by atoms with van der Waals surface area (Å²) in [5.41, 5.74) is 5.01. The first-order chi connectivity index (χ1) is 4.63. The van der Waals surface area contributed by atoms with Crippen molar-refractivity contribution in [2.24, 2.45) is 5.73 Å². The van der Waals surface area contributed by atoms with Gasteiger partial charge in [0.1, 0.15) is 0 Å². The van der Waals surface area contributed by atoms with Gasteiger partial charge >= 0.3 is 5.97 Å². The SMILES string of the molecule is Br.N=C(N)SCCCC(=O)O. The van der Waals surface area contributed by atoms with Crippen molar-refractivity contribution < 1.29 is 9.90 Å². The number of carboxylic acid groups (broad SMARTS) is 1. The highest BCUT2D eigenvalue weighted by atomic mass is 79.9. The van der Waals surface area contributed by atoms with Gasteiger partial charge in [-0.2, -0.15) is 0 Å². The zero-order valence-electron chi connectivity index (χ0n) is 5.87. The van der Waals surface area contributed by atoms with Gasteiger partial charge in [0, 0.05) is 12.2 Å². The summed E-state index contributed by atoms with van der Waals surface area (Å²) in [7, 11) is 0. The summed E-state index contributed by atoms with van der Waals surface area (Å²) in [6.07, 6.45) is 0.722. The normalized spacial score (nSPS) is 8.36. The Morgan fingerprint density at radius 3 is 2.55 bits per heavy atom. The Labute approximate surface area is 79.8 Å². The number of nitrogens with one attached hydrogen (secondary N) is 1. The molecule has 0 aromatic carbocycles. The summed E-state index contributed by atoms with van der Waals surface area (Å²) in [6, 6.07) is 0. The molecule has 0 radical (unpaired) electrons. The molecule has 0 saturated carbocycles. The standard InChI is InChI=1S/C5H10N2O2S.BrH/c6-5(7)10-3-1-2-4(8)9;/h1-3H2,(H3,6,7)(H,8,9);1H. The molecule has 0 amide bonds. The minimum absolute atomic E-state index is 0. The quantitative estimate of drug-likeness (QED) is 0.391. The fourth-order valence-electron chi connectivity index (χ4n) is 0.406. The average molecular weight is 243 g/mol.